The highest BCUT2D eigenvalue weighted by Gasteiger charge is 2.35. The molecule has 0 unspecified atom stereocenters. The van der Waals surface area contributed by atoms with Crippen LogP contribution < -0.4 is 0 Å². The van der Waals surface area contributed by atoms with Crippen molar-refractivity contribution >= 4 is 5.71 Å². The molecule has 1 aliphatic rings. The summed E-state index contributed by atoms with van der Waals surface area (Å²) in [5.74, 6) is 0. The lowest BCUT2D eigenvalue weighted by molar-refractivity contribution is 0.660. The quantitative estimate of drug-likeness (QED) is 0.612. The minimum Gasteiger partial charge on any atom is -0.300 e. The van der Waals surface area contributed by atoms with Gasteiger partial charge in [0.2, 0.25) is 0 Å². The Bertz CT molecular complexity index is 904. The van der Waals surface area contributed by atoms with Crippen molar-refractivity contribution < 1.29 is 0 Å². The molecule has 0 saturated carbocycles. The Kier molecular flexibility index (Phi) is 2.99. The van der Waals surface area contributed by atoms with Crippen LogP contribution >= 0.6 is 0 Å². The van der Waals surface area contributed by atoms with E-state index in [4.69, 9.17) is 5.41 Å². The van der Waals surface area contributed by atoms with Gasteiger partial charge in [-0.1, -0.05) is 80.6 Å². The normalized spacial score (nSPS) is 14.2. The minimum atomic E-state index is -0.0150. The first-order chi connectivity index (χ1) is 11.1. The molecule has 0 saturated heterocycles. The molecule has 4 rings (SSSR count). The molecule has 0 spiro atoms. The summed E-state index contributed by atoms with van der Waals surface area (Å²) in [5.41, 5.74) is 7.83. The molecular formula is C22H19N. The van der Waals surface area contributed by atoms with Crippen LogP contribution in [-0.2, 0) is 5.41 Å². The standard InChI is InChI=1S/C22H19N/c1-22(2)19-11-7-6-10-17(19)18-13-12-16(14-20(18)22)21(23)15-8-4-3-5-9-15/h3-14,23H,1-2H3. The van der Waals surface area contributed by atoms with E-state index in [9.17, 15) is 0 Å². The van der Waals surface area contributed by atoms with Crippen molar-refractivity contribution in [2.75, 3.05) is 0 Å². The fourth-order valence-corrected chi connectivity index (χ4v) is 3.63. The molecule has 1 aliphatic carbocycles. The highest BCUT2D eigenvalue weighted by molar-refractivity contribution is 6.11. The van der Waals surface area contributed by atoms with E-state index in [1.54, 1.807) is 0 Å². The van der Waals surface area contributed by atoms with Gasteiger partial charge in [0.15, 0.2) is 0 Å². The lowest BCUT2D eigenvalue weighted by atomic mass is 9.81. The van der Waals surface area contributed by atoms with Crippen molar-refractivity contribution in [1.82, 2.24) is 0 Å². The number of benzene rings is 3. The van der Waals surface area contributed by atoms with Crippen LogP contribution in [0.3, 0.4) is 0 Å². The van der Waals surface area contributed by atoms with Crippen molar-refractivity contribution in [3.05, 3.63) is 95.1 Å². The van der Waals surface area contributed by atoms with Crippen LogP contribution in [0.1, 0.15) is 36.1 Å². The lowest BCUT2D eigenvalue weighted by Crippen LogP contribution is -2.15. The summed E-state index contributed by atoms with van der Waals surface area (Å²) >= 11 is 0. The van der Waals surface area contributed by atoms with Crippen LogP contribution in [-0.4, -0.2) is 5.71 Å². The van der Waals surface area contributed by atoms with E-state index in [1.165, 1.54) is 22.3 Å². The van der Waals surface area contributed by atoms with Crippen LogP contribution in [0.2, 0.25) is 0 Å². The van der Waals surface area contributed by atoms with E-state index >= 15 is 0 Å². The molecule has 0 radical (unpaired) electrons. The summed E-state index contributed by atoms with van der Waals surface area (Å²) < 4.78 is 0. The molecule has 0 amide bonds. The van der Waals surface area contributed by atoms with E-state index in [2.05, 4.69) is 56.3 Å². The third kappa shape index (κ3) is 2.04. The van der Waals surface area contributed by atoms with Crippen LogP contribution in [0.15, 0.2) is 72.8 Å². The molecule has 0 aromatic heterocycles. The summed E-state index contributed by atoms with van der Waals surface area (Å²) in [7, 11) is 0. The molecule has 1 heteroatoms. The number of hydrogen-bond acceptors (Lipinski definition) is 1. The lowest BCUT2D eigenvalue weighted by Gasteiger charge is -2.22. The minimum absolute atomic E-state index is 0.0150. The number of rotatable bonds is 2. The Morgan fingerprint density at radius 1 is 0.696 bits per heavy atom. The summed E-state index contributed by atoms with van der Waals surface area (Å²) in [6.07, 6.45) is 0. The summed E-state index contributed by atoms with van der Waals surface area (Å²) in [4.78, 5) is 0. The largest absolute Gasteiger partial charge is 0.300 e. The molecule has 3 aromatic rings. The Balaban J connectivity index is 1.85. The zero-order valence-corrected chi connectivity index (χ0v) is 13.4. The monoisotopic (exact) mass is 297 g/mol. The van der Waals surface area contributed by atoms with E-state index in [1.807, 2.05) is 30.3 Å². The van der Waals surface area contributed by atoms with Gasteiger partial charge in [-0.3, -0.25) is 5.41 Å². The van der Waals surface area contributed by atoms with E-state index in [0.29, 0.717) is 5.71 Å². The van der Waals surface area contributed by atoms with Crippen LogP contribution in [0.25, 0.3) is 11.1 Å². The number of nitrogens with one attached hydrogen (secondary N) is 1. The predicted molar refractivity (Wildman–Crippen MR) is 96.4 cm³/mol. The summed E-state index contributed by atoms with van der Waals surface area (Å²) in [6.45, 7) is 4.54. The molecule has 23 heavy (non-hydrogen) atoms. The van der Waals surface area contributed by atoms with Gasteiger partial charge in [0.05, 0.1) is 5.71 Å². The molecule has 112 valence electrons. The van der Waals surface area contributed by atoms with Crippen molar-refractivity contribution in [3.63, 3.8) is 0 Å². The summed E-state index contributed by atoms with van der Waals surface area (Å²) in [5, 5.41) is 8.52. The maximum absolute atomic E-state index is 8.52. The average molecular weight is 297 g/mol. The molecule has 3 aromatic carbocycles. The highest BCUT2D eigenvalue weighted by atomic mass is 14.4. The van der Waals surface area contributed by atoms with E-state index < -0.39 is 0 Å². The van der Waals surface area contributed by atoms with Gasteiger partial charge in [0.25, 0.3) is 0 Å². The van der Waals surface area contributed by atoms with Gasteiger partial charge >= 0.3 is 0 Å². The highest BCUT2D eigenvalue weighted by Crippen LogP contribution is 2.48. The fraction of sp³-hybridized carbons (Fsp3) is 0.136. The molecule has 0 atom stereocenters. The zero-order chi connectivity index (χ0) is 16.0. The Morgan fingerprint density at radius 3 is 2.13 bits per heavy atom. The first-order valence-corrected chi connectivity index (χ1v) is 7.98. The molecule has 1 nitrogen and oxygen atoms in total. The van der Waals surface area contributed by atoms with Gasteiger partial charge in [-0.05, 0) is 33.9 Å². The molecule has 0 aliphatic heterocycles. The van der Waals surface area contributed by atoms with E-state index in [0.717, 1.165) is 11.1 Å². The Hall–Kier alpha value is -2.67. The third-order valence-corrected chi connectivity index (χ3v) is 4.93. The second-order valence-corrected chi connectivity index (χ2v) is 6.67. The van der Waals surface area contributed by atoms with Crippen molar-refractivity contribution in [2.24, 2.45) is 0 Å². The topological polar surface area (TPSA) is 23.9 Å². The van der Waals surface area contributed by atoms with Crippen molar-refractivity contribution in [1.29, 1.82) is 5.41 Å². The van der Waals surface area contributed by atoms with Crippen LogP contribution in [0.4, 0.5) is 0 Å². The van der Waals surface area contributed by atoms with Gasteiger partial charge in [-0.2, -0.15) is 0 Å². The maximum Gasteiger partial charge on any atom is 0.0684 e. The van der Waals surface area contributed by atoms with Gasteiger partial charge in [-0.25, -0.2) is 0 Å². The van der Waals surface area contributed by atoms with Crippen LogP contribution in [0.5, 0.6) is 0 Å². The van der Waals surface area contributed by atoms with Crippen molar-refractivity contribution in [2.45, 2.75) is 19.3 Å². The second-order valence-electron chi connectivity index (χ2n) is 6.67. The maximum atomic E-state index is 8.52. The number of hydrogen-bond donors (Lipinski definition) is 1. The SMILES string of the molecule is CC1(C)c2ccccc2-c2ccc(C(=N)c3ccccc3)cc21. The number of fused-ring (bicyclic) bond motifs is 3. The first-order valence-electron chi connectivity index (χ1n) is 7.98. The van der Waals surface area contributed by atoms with Gasteiger partial charge in [-0.15, -0.1) is 0 Å². The Morgan fingerprint density at radius 2 is 1.35 bits per heavy atom. The Labute approximate surface area is 137 Å². The first kappa shape index (κ1) is 14.0. The third-order valence-electron chi connectivity index (χ3n) is 4.93. The van der Waals surface area contributed by atoms with Gasteiger partial charge < -0.3 is 0 Å². The van der Waals surface area contributed by atoms with Crippen molar-refractivity contribution in [3.8, 4) is 11.1 Å². The molecule has 1 N–H and O–H groups in total. The van der Waals surface area contributed by atoms with E-state index in [-0.39, 0.29) is 5.41 Å². The summed E-state index contributed by atoms with van der Waals surface area (Å²) in [6, 6.07) is 25.0. The molecule has 0 fully saturated rings. The zero-order valence-electron chi connectivity index (χ0n) is 13.4. The predicted octanol–water partition coefficient (Wildman–Crippen LogP) is 5.41. The van der Waals surface area contributed by atoms with Gasteiger partial charge in [0, 0.05) is 11.0 Å². The van der Waals surface area contributed by atoms with Crippen LogP contribution in [0, 0.1) is 5.41 Å². The molecule has 0 heterocycles. The molecular weight excluding hydrogens is 278 g/mol. The van der Waals surface area contributed by atoms with Gasteiger partial charge in [0.1, 0.15) is 0 Å². The average Bonchev–Trinajstić information content (AvgIpc) is 2.83. The second kappa shape index (κ2) is 4.92. The molecule has 0 bridgehead atoms. The smallest absolute Gasteiger partial charge is 0.0684 e. The fourth-order valence-electron chi connectivity index (χ4n) is 3.63.